The van der Waals surface area contributed by atoms with E-state index in [9.17, 15) is 0 Å². The molecule has 0 amide bonds. The van der Waals surface area contributed by atoms with E-state index in [0.29, 0.717) is 0 Å². The molecule has 2 heterocycles. The van der Waals surface area contributed by atoms with Crippen LogP contribution in [0.4, 0.5) is 5.69 Å². The maximum Gasteiger partial charge on any atom is 0.0897 e. The normalized spacial score (nSPS) is 21.6. The van der Waals surface area contributed by atoms with Crippen molar-refractivity contribution in [3.8, 4) is 0 Å². The summed E-state index contributed by atoms with van der Waals surface area (Å²) in [6.45, 7) is 9.99. The van der Waals surface area contributed by atoms with Crippen molar-refractivity contribution in [2.75, 3.05) is 18.0 Å². The number of para-hydroxylation sites is 1. The Bertz CT molecular complexity index is 633. The lowest BCUT2D eigenvalue weighted by molar-refractivity contribution is -0.00526. The van der Waals surface area contributed by atoms with E-state index >= 15 is 0 Å². The first kappa shape index (κ1) is 16.4. The molecule has 124 valence electrons. The Labute approximate surface area is 142 Å². The third-order valence-electron chi connectivity index (χ3n) is 4.04. The quantitative estimate of drug-likeness (QED) is 0.912. The Balaban J connectivity index is 1.65. The molecule has 0 unspecified atom stereocenters. The van der Waals surface area contributed by atoms with Crippen molar-refractivity contribution in [1.29, 1.82) is 0 Å². The first-order valence-electron chi connectivity index (χ1n) is 8.22. The lowest BCUT2D eigenvalue weighted by atomic mass is 10.1. The zero-order valence-corrected chi connectivity index (χ0v) is 14.9. The molecule has 1 aliphatic rings. The Morgan fingerprint density at radius 3 is 2.65 bits per heavy atom. The van der Waals surface area contributed by atoms with Crippen LogP contribution in [0.2, 0.25) is 0 Å². The van der Waals surface area contributed by atoms with E-state index in [2.05, 4.69) is 53.3 Å². The van der Waals surface area contributed by atoms with Crippen molar-refractivity contribution in [2.24, 2.45) is 0 Å². The van der Waals surface area contributed by atoms with Crippen LogP contribution in [-0.2, 0) is 17.8 Å². The Kier molecular flexibility index (Phi) is 5.30. The molecule has 0 radical (unpaired) electrons. The molecule has 0 saturated carbocycles. The number of nitrogens with zero attached hydrogens (tertiary/aromatic N) is 2. The molecule has 2 atom stereocenters. The van der Waals surface area contributed by atoms with Crippen molar-refractivity contribution < 1.29 is 4.74 Å². The van der Waals surface area contributed by atoms with E-state index in [1.165, 1.54) is 16.1 Å². The van der Waals surface area contributed by atoms with Crippen LogP contribution >= 0.6 is 11.3 Å². The fourth-order valence-electron chi connectivity index (χ4n) is 3.15. The summed E-state index contributed by atoms with van der Waals surface area (Å²) in [6.07, 6.45) is 2.52. The van der Waals surface area contributed by atoms with Gasteiger partial charge in [-0.25, -0.2) is 4.98 Å². The number of thiazole rings is 1. The van der Waals surface area contributed by atoms with Crippen molar-refractivity contribution >= 4 is 17.0 Å². The van der Waals surface area contributed by atoms with E-state index in [1.54, 1.807) is 11.3 Å². The van der Waals surface area contributed by atoms with Gasteiger partial charge in [0.1, 0.15) is 0 Å². The number of morpholine rings is 1. The molecule has 5 heteroatoms. The second-order valence-electron chi connectivity index (χ2n) is 6.24. The summed E-state index contributed by atoms with van der Waals surface area (Å²) in [5, 5.41) is 4.67. The number of ether oxygens (including phenoxy) is 1. The molecule has 3 rings (SSSR count). The highest BCUT2D eigenvalue weighted by Gasteiger charge is 2.23. The molecule has 1 fully saturated rings. The predicted molar refractivity (Wildman–Crippen MR) is 96.1 cm³/mol. The van der Waals surface area contributed by atoms with Crippen LogP contribution in [0.15, 0.2) is 30.5 Å². The Morgan fingerprint density at radius 1 is 1.22 bits per heavy atom. The summed E-state index contributed by atoms with van der Waals surface area (Å²) in [7, 11) is 0. The summed E-state index contributed by atoms with van der Waals surface area (Å²) in [4.78, 5) is 8.04. The average molecular weight is 331 g/mol. The highest BCUT2D eigenvalue weighted by atomic mass is 32.1. The van der Waals surface area contributed by atoms with Gasteiger partial charge in [0.05, 0.1) is 17.2 Å². The number of rotatable bonds is 5. The maximum atomic E-state index is 5.86. The average Bonchev–Trinajstić information content (AvgIpc) is 2.92. The van der Waals surface area contributed by atoms with Crippen LogP contribution < -0.4 is 10.2 Å². The number of aryl methyl sites for hydroxylation is 1. The minimum atomic E-state index is 0.278. The fourth-order valence-corrected chi connectivity index (χ4v) is 3.92. The second-order valence-corrected chi connectivity index (χ2v) is 7.56. The van der Waals surface area contributed by atoms with Crippen LogP contribution in [0.3, 0.4) is 0 Å². The van der Waals surface area contributed by atoms with Crippen molar-refractivity contribution in [1.82, 2.24) is 10.3 Å². The van der Waals surface area contributed by atoms with Crippen molar-refractivity contribution in [2.45, 2.75) is 46.1 Å². The molecule has 0 aliphatic carbocycles. The first-order chi connectivity index (χ1) is 11.1. The summed E-state index contributed by atoms with van der Waals surface area (Å²) in [5.41, 5.74) is 2.66. The zero-order chi connectivity index (χ0) is 16.2. The van der Waals surface area contributed by atoms with Gasteiger partial charge >= 0.3 is 0 Å². The smallest absolute Gasteiger partial charge is 0.0897 e. The summed E-state index contributed by atoms with van der Waals surface area (Å²) < 4.78 is 5.86. The minimum Gasteiger partial charge on any atom is -0.372 e. The highest BCUT2D eigenvalue weighted by Crippen LogP contribution is 2.24. The van der Waals surface area contributed by atoms with Crippen LogP contribution in [0.5, 0.6) is 0 Å². The molecule has 1 saturated heterocycles. The van der Waals surface area contributed by atoms with Gasteiger partial charge < -0.3 is 15.0 Å². The van der Waals surface area contributed by atoms with Gasteiger partial charge in [-0.1, -0.05) is 18.2 Å². The van der Waals surface area contributed by atoms with E-state index < -0.39 is 0 Å². The third-order valence-corrected chi connectivity index (χ3v) is 4.95. The topological polar surface area (TPSA) is 37.4 Å². The van der Waals surface area contributed by atoms with Crippen LogP contribution in [0, 0.1) is 6.92 Å². The SMILES string of the molecule is Cc1ncc(CNCc2ccccc2N2C[C@H](C)O[C@@H](C)C2)s1. The van der Waals surface area contributed by atoms with Crippen LogP contribution in [0.1, 0.15) is 29.3 Å². The standard InChI is InChI=1S/C18H25N3OS/c1-13-11-21(12-14(2)22-13)18-7-5-4-6-16(18)8-19-9-17-10-20-15(3)23-17/h4-7,10,13-14,19H,8-9,11-12H2,1-3H3/t13-,14-/m0/s1. The molecule has 23 heavy (non-hydrogen) atoms. The number of aromatic nitrogens is 1. The largest absolute Gasteiger partial charge is 0.372 e. The molecule has 0 bridgehead atoms. The van der Waals surface area contributed by atoms with Crippen LogP contribution in [0.25, 0.3) is 0 Å². The summed E-state index contributed by atoms with van der Waals surface area (Å²) in [6, 6.07) is 8.67. The van der Waals surface area contributed by atoms with E-state index in [0.717, 1.165) is 31.2 Å². The van der Waals surface area contributed by atoms with E-state index in [4.69, 9.17) is 4.74 Å². The maximum absolute atomic E-state index is 5.86. The Hall–Kier alpha value is -1.43. The number of benzene rings is 1. The molecule has 1 aliphatic heterocycles. The monoisotopic (exact) mass is 331 g/mol. The van der Waals surface area contributed by atoms with Gasteiger partial charge in [-0.2, -0.15) is 0 Å². The summed E-state index contributed by atoms with van der Waals surface area (Å²) >= 11 is 1.76. The van der Waals surface area contributed by atoms with Gasteiger partial charge in [-0.05, 0) is 32.4 Å². The molecule has 1 N–H and O–H groups in total. The first-order valence-corrected chi connectivity index (χ1v) is 9.04. The number of anilines is 1. The lowest BCUT2D eigenvalue weighted by Crippen LogP contribution is -2.46. The molecule has 1 aromatic carbocycles. The zero-order valence-electron chi connectivity index (χ0n) is 14.1. The molecular weight excluding hydrogens is 306 g/mol. The molecule has 4 nitrogen and oxygen atoms in total. The number of nitrogens with one attached hydrogen (secondary N) is 1. The van der Waals surface area contributed by atoms with Gasteiger partial charge in [0.15, 0.2) is 0 Å². The highest BCUT2D eigenvalue weighted by molar-refractivity contribution is 7.11. The van der Waals surface area contributed by atoms with Gasteiger partial charge in [0, 0.05) is 42.9 Å². The fraction of sp³-hybridized carbons (Fsp3) is 0.500. The number of hydrogen-bond donors (Lipinski definition) is 1. The predicted octanol–water partition coefficient (Wildman–Crippen LogP) is 3.35. The lowest BCUT2D eigenvalue weighted by Gasteiger charge is -2.37. The Morgan fingerprint density at radius 2 is 1.96 bits per heavy atom. The van der Waals surface area contributed by atoms with Gasteiger partial charge in [0.2, 0.25) is 0 Å². The minimum absolute atomic E-state index is 0.278. The van der Waals surface area contributed by atoms with Crippen molar-refractivity contribution in [3.05, 3.63) is 45.9 Å². The van der Waals surface area contributed by atoms with Gasteiger partial charge in [-0.15, -0.1) is 11.3 Å². The summed E-state index contributed by atoms with van der Waals surface area (Å²) in [5.74, 6) is 0. The number of hydrogen-bond acceptors (Lipinski definition) is 5. The van der Waals surface area contributed by atoms with Gasteiger partial charge in [-0.3, -0.25) is 0 Å². The molecule has 0 spiro atoms. The van der Waals surface area contributed by atoms with Gasteiger partial charge in [0.25, 0.3) is 0 Å². The molecular formula is C18H25N3OS. The molecule has 1 aromatic heterocycles. The third kappa shape index (κ3) is 4.31. The van der Waals surface area contributed by atoms with E-state index in [-0.39, 0.29) is 12.2 Å². The van der Waals surface area contributed by atoms with Crippen molar-refractivity contribution in [3.63, 3.8) is 0 Å². The molecule has 2 aromatic rings. The van der Waals surface area contributed by atoms with E-state index in [1.807, 2.05) is 13.1 Å². The van der Waals surface area contributed by atoms with Crippen LogP contribution in [-0.4, -0.2) is 30.3 Å². The second kappa shape index (κ2) is 7.43.